The van der Waals surface area contributed by atoms with E-state index in [1.165, 1.54) is 0 Å². The summed E-state index contributed by atoms with van der Waals surface area (Å²) in [5, 5.41) is 7.65. The van der Waals surface area contributed by atoms with Crippen LogP contribution in [0, 0.1) is 16.7 Å². The Balaban J connectivity index is 1.77. The van der Waals surface area contributed by atoms with Crippen molar-refractivity contribution in [1.82, 2.24) is 15.1 Å². The monoisotopic (exact) mass is 250 g/mol. The van der Waals surface area contributed by atoms with Crippen molar-refractivity contribution >= 4 is 0 Å². The molecule has 1 heterocycles. The van der Waals surface area contributed by atoms with E-state index in [2.05, 4.69) is 38.1 Å². The van der Waals surface area contributed by atoms with Crippen molar-refractivity contribution in [3.63, 3.8) is 0 Å². The quantitative estimate of drug-likeness (QED) is 0.836. The van der Waals surface area contributed by atoms with Crippen molar-refractivity contribution in [2.75, 3.05) is 13.1 Å². The molecule has 0 saturated heterocycles. The van der Waals surface area contributed by atoms with Gasteiger partial charge in [0.15, 0.2) is 0 Å². The molecule has 1 aliphatic rings. The number of hydrogen-bond donors (Lipinski definition) is 2. The van der Waals surface area contributed by atoms with Crippen LogP contribution >= 0.6 is 0 Å². The van der Waals surface area contributed by atoms with Gasteiger partial charge in [0.25, 0.3) is 0 Å². The number of rotatable bonds is 5. The molecule has 1 aromatic heterocycles. The molecule has 0 bridgehead atoms. The van der Waals surface area contributed by atoms with Crippen molar-refractivity contribution in [3.8, 4) is 0 Å². The van der Waals surface area contributed by atoms with Crippen LogP contribution in [-0.2, 0) is 7.05 Å². The second-order valence-electron chi connectivity index (χ2n) is 6.71. The minimum Gasteiger partial charge on any atom is -0.323 e. The van der Waals surface area contributed by atoms with Crippen molar-refractivity contribution in [1.29, 1.82) is 0 Å². The zero-order valence-electron chi connectivity index (χ0n) is 12.2. The number of hydrogen-bond acceptors (Lipinski definition) is 3. The van der Waals surface area contributed by atoms with Gasteiger partial charge >= 0.3 is 0 Å². The molecule has 102 valence electrons. The Morgan fingerprint density at radius 1 is 1.39 bits per heavy atom. The average molecular weight is 250 g/mol. The van der Waals surface area contributed by atoms with Crippen molar-refractivity contribution in [2.24, 2.45) is 29.5 Å². The Hall–Kier alpha value is -0.870. The van der Waals surface area contributed by atoms with Crippen LogP contribution in [0.3, 0.4) is 0 Å². The molecule has 1 atom stereocenters. The van der Waals surface area contributed by atoms with Crippen molar-refractivity contribution < 1.29 is 0 Å². The summed E-state index contributed by atoms with van der Waals surface area (Å²) in [5.74, 6) is 0.742. The Morgan fingerprint density at radius 3 is 2.44 bits per heavy atom. The average Bonchev–Trinajstić information content (AvgIpc) is 2.65. The highest BCUT2D eigenvalue weighted by atomic mass is 15.2. The van der Waals surface area contributed by atoms with Gasteiger partial charge in [-0.3, -0.25) is 4.68 Å². The lowest BCUT2D eigenvalue weighted by atomic mass is 10.0. The summed E-state index contributed by atoms with van der Waals surface area (Å²) in [6.07, 6.45) is 3.83. The van der Waals surface area contributed by atoms with Crippen LogP contribution in [0.2, 0.25) is 0 Å². The smallest absolute Gasteiger partial charge is 0.0537 e. The van der Waals surface area contributed by atoms with Crippen LogP contribution < -0.4 is 11.1 Å². The molecule has 4 nitrogen and oxygen atoms in total. The highest BCUT2D eigenvalue weighted by Crippen LogP contribution is 2.67. The molecule has 1 unspecified atom stereocenters. The highest BCUT2D eigenvalue weighted by Gasteiger charge is 2.63. The zero-order valence-corrected chi connectivity index (χ0v) is 12.2. The highest BCUT2D eigenvalue weighted by molar-refractivity contribution is 5.13. The second kappa shape index (κ2) is 4.35. The first-order valence-electron chi connectivity index (χ1n) is 6.71. The van der Waals surface area contributed by atoms with Crippen LogP contribution in [0.1, 0.15) is 39.3 Å². The van der Waals surface area contributed by atoms with E-state index in [1.807, 2.05) is 19.4 Å². The fraction of sp³-hybridized carbons (Fsp3) is 0.786. The molecular weight excluding hydrogens is 224 g/mol. The maximum absolute atomic E-state index is 6.13. The summed E-state index contributed by atoms with van der Waals surface area (Å²) < 4.78 is 1.79. The Morgan fingerprint density at radius 2 is 2.00 bits per heavy atom. The summed E-state index contributed by atoms with van der Waals surface area (Å²) in [4.78, 5) is 0. The lowest BCUT2D eigenvalue weighted by Gasteiger charge is -2.11. The lowest BCUT2D eigenvalue weighted by Crippen LogP contribution is -2.29. The van der Waals surface area contributed by atoms with Crippen molar-refractivity contribution in [2.45, 2.75) is 33.7 Å². The minimum absolute atomic E-state index is 0.0312. The van der Waals surface area contributed by atoms with Gasteiger partial charge in [-0.15, -0.1) is 0 Å². The predicted octanol–water partition coefficient (Wildman–Crippen LogP) is 1.69. The molecule has 0 radical (unpaired) electrons. The molecule has 0 amide bonds. The summed E-state index contributed by atoms with van der Waals surface area (Å²) in [6.45, 7) is 11.3. The van der Waals surface area contributed by atoms with Gasteiger partial charge in [-0.1, -0.05) is 27.7 Å². The van der Waals surface area contributed by atoms with E-state index in [-0.39, 0.29) is 6.04 Å². The molecular formula is C14H26N4. The Labute approximate surface area is 110 Å². The molecule has 3 N–H and O–H groups in total. The maximum atomic E-state index is 6.13. The third-order valence-corrected chi connectivity index (χ3v) is 5.19. The van der Waals surface area contributed by atoms with E-state index < -0.39 is 0 Å². The van der Waals surface area contributed by atoms with Crippen LogP contribution in [0.25, 0.3) is 0 Å². The first-order chi connectivity index (χ1) is 8.26. The van der Waals surface area contributed by atoms with Crippen LogP contribution in [-0.4, -0.2) is 22.9 Å². The molecule has 0 aliphatic heterocycles. The number of nitrogens with two attached hydrogens (primary N) is 1. The lowest BCUT2D eigenvalue weighted by molar-refractivity contribution is 0.457. The summed E-state index contributed by atoms with van der Waals surface area (Å²) >= 11 is 0. The minimum atomic E-state index is 0.0312. The predicted molar refractivity (Wildman–Crippen MR) is 74.1 cm³/mol. The van der Waals surface area contributed by atoms with Crippen molar-refractivity contribution in [3.05, 3.63) is 18.0 Å². The fourth-order valence-electron chi connectivity index (χ4n) is 2.98. The van der Waals surface area contributed by atoms with E-state index in [1.54, 1.807) is 4.68 Å². The van der Waals surface area contributed by atoms with Gasteiger partial charge in [0.2, 0.25) is 0 Å². The van der Waals surface area contributed by atoms with Gasteiger partial charge in [0.05, 0.1) is 6.20 Å². The number of nitrogens with zero attached hydrogens (tertiary/aromatic N) is 2. The normalized spacial score (nSPS) is 23.0. The Kier molecular flexibility index (Phi) is 3.28. The molecule has 1 saturated carbocycles. The molecule has 18 heavy (non-hydrogen) atoms. The fourth-order valence-corrected chi connectivity index (χ4v) is 2.98. The van der Waals surface area contributed by atoms with Gasteiger partial charge in [0, 0.05) is 31.4 Å². The van der Waals surface area contributed by atoms with Crippen LogP contribution in [0.5, 0.6) is 0 Å². The molecule has 4 heteroatoms. The third-order valence-electron chi connectivity index (χ3n) is 5.19. The number of aryl methyl sites for hydroxylation is 1. The number of aromatic nitrogens is 2. The molecule has 0 aromatic carbocycles. The summed E-state index contributed by atoms with van der Waals surface area (Å²) in [5.41, 5.74) is 8.12. The largest absolute Gasteiger partial charge is 0.323 e. The molecule has 2 rings (SSSR count). The van der Waals surface area contributed by atoms with E-state index in [0.29, 0.717) is 10.8 Å². The molecule has 1 aliphatic carbocycles. The Bertz CT molecular complexity index is 405. The topological polar surface area (TPSA) is 55.9 Å². The van der Waals surface area contributed by atoms with E-state index in [9.17, 15) is 0 Å². The number of nitrogens with one attached hydrogen (secondary N) is 1. The maximum Gasteiger partial charge on any atom is 0.0537 e. The zero-order chi connectivity index (χ0) is 13.6. The van der Waals surface area contributed by atoms with E-state index in [4.69, 9.17) is 5.73 Å². The SMILES string of the molecule is Cn1cc(C(N)CNCC2C(C)(C)C2(C)C)cn1. The molecule has 1 fully saturated rings. The molecule has 0 spiro atoms. The first kappa shape index (κ1) is 13.6. The second-order valence-corrected chi connectivity index (χ2v) is 6.71. The third kappa shape index (κ3) is 2.19. The van der Waals surface area contributed by atoms with Gasteiger partial charge < -0.3 is 11.1 Å². The van der Waals surface area contributed by atoms with Crippen LogP contribution in [0.4, 0.5) is 0 Å². The summed E-state index contributed by atoms with van der Waals surface area (Å²) in [6, 6.07) is 0.0312. The van der Waals surface area contributed by atoms with Gasteiger partial charge in [-0.25, -0.2) is 0 Å². The van der Waals surface area contributed by atoms with Gasteiger partial charge in [-0.05, 0) is 23.3 Å². The van der Waals surface area contributed by atoms with Gasteiger partial charge in [-0.2, -0.15) is 5.10 Å². The van der Waals surface area contributed by atoms with Gasteiger partial charge in [0.1, 0.15) is 0 Å². The standard InChI is InChI=1S/C14H26N4/c1-13(2)12(14(13,3)4)8-16-7-11(15)10-6-17-18(5)9-10/h6,9,11-12,16H,7-8,15H2,1-5H3. The van der Waals surface area contributed by atoms with Crippen LogP contribution in [0.15, 0.2) is 12.4 Å². The van der Waals surface area contributed by atoms with E-state index >= 15 is 0 Å². The van der Waals surface area contributed by atoms with E-state index in [0.717, 1.165) is 24.6 Å². The first-order valence-corrected chi connectivity index (χ1v) is 6.71. The molecule has 1 aromatic rings. The summed E-state index contributed by atoms with van der Waals surface area (Å²) in [7, 11) is 1.92.